The highest BCUT2D eigenvalue weighted by atomic mass is 35.5. The van der Waals surface area contributed by atoms with Gasteiger partial charge in [-0.1, -0.05) is 11.6 Å². The van der Waals surface area contributed by atoms with Crippen molar-refractivity contribution in [2.75, 3.05) is 5.32 Å². The minimum Gasteiger partial charge on any atom is -0.366 e. The van der Waals surface area contributed by atoms with Gasteiger partial charge in [-0.2, -0.15) is 18.3 Å². The number of nitrogens with one attached hydrogen (secondary N) is 2. The molecule has 0 saturated carbocycles. The molecule has 0 fully saturated rings. The number of halogens is 4. The Kier molecular flexibility index (Phi) is 3.37. The van der Waals surface area contributed by atoms with E-state index in [-0.39, 0.29) is 17.5 Å². The molecule has 2 heterocycles. The molecule has 0 aliphatic heterocycles. The molecule has 96 valence electrons. The molecule has 0 bridgehead atoms. The van der Waals surface area contributed by atoms with Crippen LogP contribution in [0.15, 0.2) is 18.5 Å². The maximum absolute atomic E-state index is 12.4. The predicted octanol–water partition coefficient (Wildman–Crippen LogP) is 2.48. The lowest BCUT2D eigenvalue weighted by Crippen LogP contribution is -2.13. The second-order valence-electron chi connectivity index (χ2n) is 3.36. The summed E-state index contributed by atoms with van der Waals surface area (Å²) in [5, 5.41) is 8.72. The van der Waals surface area contributed by atoms with Crippen LogP contribution in [0, 0.1) is 0 Å². The second-order valence-corrected chi connectivity index (χ2v) is 3.74. The first-order valence-corrected chi connectivity index (χ1v) is 5.16. The van der Waals surface area contributed by atoms with Crippen molar-refractivity contribution < 1.29 is 13.2 Å². The Morgan fingerprint density at radius 2 is 2.11 bits per heavy atom. The Morgan fingerprint density at radius 3 is 2.72 bits per heavy atom. The standard InChI is InChI=1S/C9H7ClF3N5/c10-6-1-7(14-2-5-3-15-16-4-5)18-8(17-6)9(11,12)13/h1,3-4H,2H2,(H,15,16)(H,14,17,18). The van der Waals surface area contributed by atoms with Crippen LogP contribution >= 0.6 is 11.6 Å². The zero-order valence-corrected chi connectivity index (χ0v) is 9.55. The van der Waals surface area contributed by atoms with Gasteiger partial charge in [0.05, 0.1) is 6.20 Å². The van der Waals surface area contributed by atoms with E-state index in [1.165, 1.54) is 6.07 Å². The fourth-order valence-corrected chi connectivity index (χ4v) is 1.39. The largest absolute Gasteiger partial charge is 0.451 e. The van der Waals surface area contributed by atoms with Crippen LogP contribution in [0.5, 0.6) is 0 Å². The fourth-order valence-electron chi connectivity index (χ4n) is 1.20. The molecule has 2 aromatic rings. The van der Waals surface area contributed by atoms with Gasteiger partial charge >= 0.3 is 6.18 Å². The predicted molar refractivity (Wildman–Crippen MR) is 58.0 cm³/mol. The highest BCUT2D eigenvalue weighted by Gasteiger charge is 2.35. The van der Waals surface area contributed by atoms with E-state index in [1.54, 1.807) is 12.4 Å². The number of anilines is 1. The summed E-state index contributed by atoms with van der Waals surface area (Å²) in [7, 11) is 0. The van der Waals surface area contributed by atoms with Crippen molar-refractivity contribution >= 4 is 17.4 Å². The maximum Gasteiger partial charge on any atom is 0.451 e. The van der Waals surface area contributed by atoms with Gasteiger partial charge in [-0.25, -0.2) is 9.97 Å². The fraction of sp³-hybridized carbons (Fsp3) is 0.222. The van der Waals surface area contributed by atoms with E-state index in [0.29, 0.717) is 0 Å². The van der Waals surface area contributed by atoms with E-state index < -0.39 is 12.0 Å². The normalized spacial score (nSPS) is 11.6. The number of alkyl halides is 3. The molecule has 9 heteroatoms. The van der Waals surface area contributed by atoms with Crippen LogP contribution in [0.2, 0.25) is 5.15 Å². The third-order valence-electron chi connectivity index (χ3n) is 1.98. The highest BCUT2D eigenvalue weighted by molar-refractivity contribution is 6.29. The monoisotopic (exact) mass is 277 g/mol. The number of nitrogens with zero attached hydrogens (tertiary/aromatic N) is 3. The van der Waals surface area contributed by atoms with Gasteiger partial charge in [0.25, 0.3) is 0 Å². The smallest absolute Gasteiger partial charge is 0.366 e. The van der Waals surface area contributed by atoms with Crippen LogP contribution in [0.3, 0.4) is 0 Å². The molecule has 0 atom stereocenters. The zero-order valence-electron chi connectivity index (χ0n) is 8.79. The van der Waals surface area contributed by atoms with Gasteiger partial charge in [0, 0.05) is 24.4 Å². The Labute approximate surface area is 104 Å². The van der Waals surface area contributed by atoms with E-state index in [9.17, 15) is 13.2 Å². The minimum atomic E-state index is -4.63. The van der Waals surface area contributed by atoms with Crippen molar-refractivity contribution in [2.24, 2.45) is 0 Å². The third kappa shape index (κ3) is 3.10. The number of H-pyrrole nitrogens is 1. The molecular weight excluding hydrogens is 271 g/mol. The molecule has 0 aliphatic rings. The Morgan fingerprint density at radius 1 is 1.33 bits per heavy atom. The lowest BCUT2D eigenvalue weighted by molar-refractivity contribution is -0.144. The van der Waals surface area contributed by atoms with Gasteiger partial charge in [-0.05, 0) is 0 Å². The summed E-state index contributed by atoms with van der Waals surface area (Å²) in [4.78, 5) is 6.46. The maximum atomic E-state index is 12.4. The van der Waals surface area contributed by atoms with Crippen LogP contribution in [-0.2, 0) is 12.7 Å². The second kappa shape index (κ2) is 4.81. The van der Waals surface area contributed by atoms with Gasteiger partial charge in [0.2, 0.25) is 5.82 Å². The van der Waals surface area contributed by atoms with Gasteiger partial charge in [-0.3, -0.25) is 5.10 Å². The Bertz CT molecular complexity index is 525. The lowest BCUT2D eigenvalue weighted by atomic mass is 10.3. The quantitative estimate of drug-likeness (QED) is 0.846. The molecule has 0 aliphatic carbocycles. The summed E-state index contributed by atoms with van der Waals surface area (Å²) in [6, 6.07) is 1.22. The number of aromatic amines is 1. The first-order chi connectivity index (χ1) is 8.45. The SMILES string of the molecule is FC(F)(F)c1nc(Cl)cc(NCc2cn[nH]c2)n1. The molecule has 0 radical (unpaired) electrons. The molecule has 0 unspecified atom stereocenters. The Hall–Kier alpha value is -1.83. The van der Waals surface area contributed by atoms with E-state index in [0.717, 1.165) is 5.56 Å². The minimum absolute atomic E-state index is 0.00326. The molecule has 0 saturated heterocycles. The van der Waals surface area contributed by atoms with Crippen molar-refractivity contribution in [1.82, 2.24) is 20.2 Å². The van der Waals surface area contributed by atoms with Crippen molar-refractivity contribution in [3.63, 3.8) is 0 Å². The zero-order chi connectivity index (χ0) is 13.2. The molecule has 18 heavy (non-hydrogen) atoms. The van der Waals surface area contributed by atoms with Crippen LogP contribution in [0.1, 0.15) is 11.4 Å². The number of rotatable bonds is 3. The molecule has 5 nitrogen and oxygen atoms in total. The summed E-state index contributed by atoms with van der Waals surface area (Å²) in [5.41, 5.74) is 0.776. The van der Waals surface area contributed by atoms with Crippen LogP contribution in [-0.4, -0.2) is 20.2 Å². The Balaban J connectivity index is 2.15. The van der Waals surface area contributed by atoms with Crippen molar-refractivity contribution in [1.29, 1.82) is 0 Å². The van der Waals surface area contributed by atoms with Gasteiger partial charge in [0.15, 0.2) is 0 Å². The molecule has 2 aromatic heterocycles. The van der Waals surface area contributed by atoms with Crippen molar-refractivity contribution in [3.8, 4) is 0 Å². The average Bonchev–Trinajstić information content (AvgIpc) is 2.77. The summed E-state index contributed by atoms with van der Waals surface area (Å²) in [5.74, 6) is -1.27. The van der Waals surface area contributed by atoms with E-state index in [1.807, 2.05) is 0 Å². The summed E-state index contributed by atoms with van der Waals surface area (Å²) >= 11 is 5.51. The van der Waals surface area contributed by atoms with Crippen LogP contribution in [0.4, 0.5) is 19.0 Å². The number of aromatic nitrogens is 4. The first kappa shape index (κ1) is 12.6. The summed E-state index contributed by atoms with van der Waals surface area (Å²) in [6.45, 7) is 0.279. The van der Waals surface area contributed by atoms with Crippen LogP contribution in [0.25, 0.3) is 0 Å². The molecule has 2 N–H and O–H groups in total. The highest BCUT2D eigenvalue weighted by Crippen LogP contribution is 2.28. The molecule has 0 amide bonds. The van der Waals surface area contributed by atoms with E-state index in [4.69, 9.17) is 11.6 Å². The first-order valence-electron chi connectivity index (χ1n) is 4.78. The third-order valence-corrected chi connectivity index (χ3v) is 2.17. The molecule has 0 aromatic carbocycles. The topological polar surface area (TPSA) is 66.5 Å². The average molecular weight is 278 g/mol. The molecular formula is C9H7ClF3N5. The molecule has 0 spiro atoms. The molecule has 2 rings (SSSR count). The van der Waals surface area contributed by atoms with Crippen molar-refractivity contribution in [2.45, 2.75) is 12.7 Å². The number of hydrogen-bond donors (Lipinski definition) is 2. The van der Waals surface area contributed by atoms with Gasteiger partial charge < -0.3 is 5.32 Å². The van der Waals surface area contributed by atoms with Crippen molar-refractivity contribution in [3.05, 3.63) is 35.0 Å². The summed E-state index contributed by atoms with van der Waals surface area (Å²) in [6.07, 6.45) is -1.47. The van der Waals surface area contributed by atoms with E-state index >= 15 is 0 Å². The summed E-state index contributed by atoms with van der Waals surface area (Å²) < 4.78 is 37.3. The van der Waals surface area contributed by atoms with Gasteiger partial charge in [0.1, 0.15) is 11.0 Å². The van der Waals surface area contributed by atoms with Gasteiger partial charge in [-0.15, -0.1) is 0 Å². The van der Waals surface area contributed by atoms with E-state index in [2.05, 4.69) is 25.5 Å². The number of hydrogen-bond acceptors (Lipinski definition) is 4. The van der Waals surface area contributed by atoms with Crippen LogP contribution < -0.4 is 5.32 Å². The lowest BCUT2D eigenvalue weighted by Gasteiger charge is -2.08.